The van der Waals surface area contributed by atoms with E-state index < -0.39 is 0 Å². The summed E-state index contributed by atoms with van der Waals surface area (Å²) in [6.45, 7) is 17.1. The lowest BCUT2D eigenvalue weighted by atomic mass is 9.56. The van der Waals surface area contributed by atoms with Crippen molar-refractivity contribution in [2.75, 3.05) is 21.1 Å². The highest BCUT2D eigenvalue weighted by Gasteiger charge is 2.54. The molecule has 0 heterocycles. The van der Waals surface area contributed by atoms with Gasteiger partial charge in [0, 0.05) is 5.41 Å². The lowest BCUT2D eigenvalue weighted by molar-refractivity contribution is -0.929. The highest BCUT2D eigenvalue weighted by atomic mass is 15.3. The number of quaternary nitrogens is 1. The van der Waals surface area contributed by atoms with Crippen molar-refractivity contribution in [1.82, 2.24) is 0 Å². The molecule has 0 saturated heterocycles. The maximum absolute atomic E-state index is 2.48. The molecule has 1 heteroatoms. The van der Waals surface area contributed by atoms with Gasteiger partial charge in [-0.2, -0.15) is 0 Å². The van der Waals surface area contributed by atoms with Crippen molar-refractivity contribution < 1.29 is 4.48 Å². The van der Waals surface area contributed by atoms with E-state index in [0.717, 1.165) is 4.48 Å². The Hall–Kier alpha value is -0.0400. The second kappa shape index (κ2) is 6.81. The lowest BCUT2D eigenvalue weighted by Crippen LogP contribution is -2.64. The molecular weight excluding hydrogens is 242 g/mol. The summed E-state index contributed by atoms with van der Waals surface area (Å²) < 4.78 is 1.01. The molecule has 0 N–H and O–H groups in total. The summed E-state index contributed by atoms with van der Waals surface area (Å²) >= 11 is 0. The Morgan fingerprint density at radius 1 is 0.700 bits per heavy atom. The Morgan fingerprint density at radius 3 is 1.55 bits per heavy atom. The molecule has 0 bridgehead atoms. The van der Waals surface area contributed by atoms with Gasteiger partial charge in [-0.25, -0.2) is 0 Å². The molecule has 0 saturated carbocycles. The van der Waals surface area contributed by atoms with E-state index in [4.69, 9.17) is 0 Å². The average molecular weight is 285 g/mol. The van der Waals surface area contributed by atoms with Crippen molar-refractivity contribution in [2.24, 2.45) is 10.8 Å². The molecule has 0 aliphatic carbocycles. The summed E-state index contributed by atoms with van der Waals surface area (Å²) in [7, 11) is 7.00. The Kier molecular flexibility index (Phi) is 6.80. The predicted molar refractivity (Wildman–Crippen MR) is 93.0 cm³/mol. The smallest absolute Gasteiger partial charge is 0.0985 e. The first-order valence-electron chi connectivity index (χ1n) is 8.63. The minimum Gasteiger partial charge on any atom is -0.326 e. The molecule has 0 aromatic carbocycles. The highest BCUT2D eigenvalue weighted by Crippen LogP contribution is 2.52. The molecule has 0 rings (SSSR count). The molecule has 0 unspecified atom stereocenters. The maximum atomic E-state index is 2.48. The fraction of sp³-hybridized carbons (Fsp3) is 1.00. The fourth-order valence-electron chi connectivity index (χ4n) is 3.15. The van der Waals surface area contributed by atoms with Crippen molar-refractivity contribution in [3.8, 4) is 0 Å². The third kappa shape index (κ3) is 4.23. The first-order chi connectivity index (χ1) is 8.81. The molecule has 0 fully saturated rings. The first-order valence-corrected chi connectivity index (χ1v) is 8.63. The number of nitrogens with zero attached hydrogens (tertiary/aromatic N) is 1. The lowest BCUT2D eigenvalue weighted by Gasteiger charge is -2.57. The Bertz CT molecular complexity index is 279. The van der Waals surface area contributed by atoms with Crippen LogP contribution in [-0.2, 0) is 0 Å². The number of unbranched alkanes of at least 4 members (excludes halogenated alkanes) is 4. The van der Waals surface area contributed by atoms with Gasteiger partial charge in [0.1, 0.15) is 0 Å². The molecule has 0 atom stereocenters. The fourth-order valence-corrected chi connectivity index (χ4v) is 3.15. The van der Waals surface area contributed by atoms with Crippen molar-refractivity contribution in [2.45, 2.75) is 92.5 Å². The van der Waals surface area contributed by atoms with Gasteiger partial charge in [-0.1, -0.05) is 66.7 Å². The Labute approximate surface area is 129 Å². The van der Waals surface area contributed by atoms with Crippen molar-refractivity contribution >= 4 is 0 Å². The van der Waals surface area contributed by atoms with Gasteiger partial charge in [0.05, 0.1) is 26.7 Å². The third-order valence-corrected chi connectivity index (χ3v) is 6.80. The molecule has 0 radical (unpaired) electrons. The van der Waals surface area contributed by atoms with Crippen LogP contribution in [0.4, 0.5) is 0 Å². The van der Waals surface area contributed by atoms with Crippen LogP contribution >= 0.6 is 0 Å². The van der Waals surface area contributed by atoms with Gasteiger partial charge in [0.15, 0.2) is 0 Å². The number of hydrogen-bond donors (Lipinski definition) is 0. The Balaban J connectivity index is 4.81. The van der Waals surface area contributed by atoms with E-state index in [2.05, 4.69) is 69.6 Å². The summed E-state index contributed by atoms with van der Waals surface area (Å²) in [5.74, 6) is 0. The van der Waals surface area contributed by atoms with Gasteiger partial charge >= 0.3 is 0 Å². The first kappa shape index (κ1) is 20.0. The van der Waals surface area contributed by atoms with Crippen LogP contribution in [0.5, 0.6) is 0 Å². The van der Waals surface area contributed by atoms with E-state index in [1.54, 1.807) is 0 Å². The third-order valence-electron chi connectivity index (χ3n) is 6.80. The van der Waals surface area contributed by atoms with Crippen LogP contribution in [0.25, 0.3) is 0 Å². The molecule has 0 spiro atoms. The zero-order valence-corrected chi connectivity index (χ0v) is 16.2. The summed E-state index contributed by atoms with van der Waals surface area (Å²) in [6, 6.07) is 0. The van der Waals surface area contributed by atoms with E-state index in [1.807, 2.05) is 0 Å². The van der Waals surface area contributed by atoms with Crippen molar-refractivity contribution in [3.63, 3.8) is 0 Å². The zero-order chi connectivity index (χ0) is 16.2. The van der Waals surface area contributed by atoms with Crippen LogP contribution in [-0.4, -0.2) is 31.2 Å². The summed E-state index contributed by atoms with van der Waals surface area (Å²) in [6.07, 6.45) is 8.26. The largest absolute Gasteiger partial charge is 0.326 e. The Morgan fingerprint density at radius 2 is 1.15 bits per heavy atom. The molecule has 20 heavy (non-hydrogen) atoms. The maximum Gasteiger partial charge on any atom is 0.0985 e. The highest BCUT2D eigenvalue weighted by molar-refractivity contribution is 4.97. The normalized spacial score (nSPS) is 14.7. The van der Waals surface area contributed by atoms with Crippen LogP contribution in [0.2, 0.25) is 0 Å². The topological polar surface area (TPSA) is 0 Å². The zero-order valence-electron chi connectivity index (χ0n) is 16.2. The number of rotatable bonds is 9. The predicted octanol–water partition coefficient (Wildman–Crippen LogP) is 5.88. The molecule has 0 aromatic rings. The van der Waals surface area contributed by atoms with E-state index in [9.17, 15) is 0 Å². The van der Waals surface area contributed by atoms with Gasteiger partial charge in [-0.15, -0.1) is 0 Å². The second-order valence-electron chi connectivity index (χ2n) is 9.24. The summed E-state index contributed by atoms with van der Waals surface area (Å²) in [4.78, 5) is 0. The summed E-state index contributed by atoms with van der Waals surface area (Å²) in [5, 5.41) is 0. The van der Waals surface area contributed by atoms with Crippen LogP contribution in [0, 0.1) is 10.8 Å². The van der Waals surface area contributed by atoms with Gasteiger partial charge in [0.2, 0.25) is 0 Å². The molecule has 122 valence electrons. The SMILES string of the molecule is CCCCCCCC(C)(C)C(C)(C)C(C)(C)[N+](C)(C)C. The molecular formula is C19H42N+. The van der Waals surface area contributed by atoms with Crippen LogP contribution in [0.3, 0.4) is 0 Å². The van der Waals surface area contributed by atoms with E-state index in [0.29, 0.717) is 10.8 Å². The van der Waals surface area contributed by atoms with Crippen LogP contribution < -0.4 is 0 Å². The van der Waals surface area contributed by atoms with E-state index in [1.165, 1.54) is 38.5 Å². The second-order valence-corrected chi connectivity index (χ2v) is 9.24. The standard InChI is InChI=1S/C19H42N/c1-11-12-13-14-15-16-17(2,3)18(4,5)19(6,7)20(8,9)10/h11-16H2,1-10H3/q+1. The van der Waals surface area contributed by atoms with Gasteiger partial charge in [-0.3, -0.25) is 0 Å². The van der Waals surface area contributed by atoms with Crippen LogP contribution in [0.15, 0.2) is 0 Å². The van der Waals surface area contributed by atoms with Crippen molar-refractivity contribution in [3.05, 3.63) is 0 Å². The molecule has 0 aliphatic rings. The monoisotopic (exact) mass is 284 g/mol. The summed E-state index contributed by atoms with van der Waals surface area (Å²) in [5.41, 5.74) is 0.914. The minimum absolute atomic E-state index is 0.250. The van der Waals surface area contributed by atoms with Gasteiger partial charge < -0.3 is 4.48 Å². The molecule has 1 nitrogen and oxygen atoms in total. The van der Waals surface area contributed by atoms with Crippen LogP contribution in [0.1, 0.15) is 87.0 Å². The quantitative estimate of drug-likeness (QED) is 0.366. The minimum atomic E-state index is 0.250. The number of hydrogen-bond acceptors (Lipinski definition) is 0. The van der Waals surface area contributed by atoms with E-state index in [-0.39, 0.29) is 5.54 Å². The molecule has 0 aliphatic heterocycles. The van der Waals surface area contributed by atoms with Crippen molar-refractivity contribution in [1.29, 1.82) is 0 Å². The molecule has 0 aromatic heterocycles. The van der Waals surface area contributed by atoms with Gasteiger partial charge in [-0.05, 0) is 25.7 Å². The van der Waals surface area contributed by atoms with E-state index >= 15 is 0 Å². The van der Waals surface area contributed by atoms with Gasteiger partial charge in [0.25, 0.3) is 0 Å². The molecule has 0 amide bonds. The average Bonchev–Trinajstić information content (AvgIpc) is 2.26.